The number of hydrogen-bond donors (Lipinski definition) is 0. The summed E-state index contributed by atoms with van der Waals surface area (Å²) in [4.78, 5) is 0.616. The van der Waals surface area contributed by atoms with Crippen molar-refractivity contribution >= 4 is 26.7 Å². The van der Waals surface area contributed by atoms with Crippen LogP contribution in [0.2, 0.25) is 0 Å². The Morgan fingerprint density at radius 2 is 1.78 bits per heavy atom. The number of rotatable bonds is 6. The van der Waals surface area contributed by atoms with Gasteiger partial charge in [-0.25, -0.2) is 0 Å². The summed E-state index contributed by atoms with van der Waals surface area (Å²) in [5.41, 5.74) is 1.44. The molecular formula is C17H21Br. The lowest BCUT2D eigenvalue weighted by molar-refractivity contribution is 0.648. The number of benzene rings is 2. The van der Waals surface area contributed by atoms with Gasteiger partial charge in [-0.05, 0) is 29.2 Å². The van der Waals surface area contributed by atoms with Crippen molar-refractivity contribution in [1.29, 1.82) is 0 Å². The lowest BCUT2D eigenvalue weighted by atomic mass is 10.0. The van der Waals surface area contributed by atoms with Crippen LogP contribution in [0.4, 0.5) is 0 Å². The fraction of sp³-hybridized carbons (Fsp3) is 0.412. The molecule has 0 spiro atoms. The summed E-state index contributed by atoms with van der Waals surface area (Å²) >= 11 is 3.81. The van der Waals surface area contributed by atoms with E-state index in [4.69, 9.17) is 0 Å². The van der Waals surface area contributed by atoms with Gasteiger partial charge in [-0.1, -0.05) is 84.6 Å². The molecule has 1 heteroatoms. The Labute approximate surface area is 119 Å². The molecule has 2 rings (SSSR count). The van der Waals surface area contributed by atoms with Crippen LogP contribution in [0.1, 0.15) is 38.2 Å². The van der Waals surface area contributed by atoms with E-state index < -0.39 is 0 Å². The molecular weight excluding hydrogens is 284 g/mol. The van der Waals surface area contributed by atoms with E-state index in [-0.39, 0.29) is 0 Å². The van der Waals surface area contributed by atoms with Crippen molar-refractivity contribution in [2.75, 3.05) is 0 Å². The summed E-state index contributed by atoms with van der Waals surface area (Å²) in [6.07, 6.45) is 6.39. The van der Waals surface area contributed by atoms with Gasteiger partial charge in [0.2, 0.25) is 0 Å². The van der Waals surface area contributed by atoms with E-state index in [9.17, 15) is 0 Å². The number of hydrogen-bond acceptors (Lipinski definition) is 0. The van der Waals surface area contributed by atoms with Crippen molar-refractivity contribution < 1.29 is 0 Å². The normalized spacial score (nSPS) is 12.8. The van der Waals surface area contributed by atoms with Crippen LogP contribution >= 0.6 is 15.9 Å². The molecule has 0 N–H and O–H groups in total. The fourth-order valence-electron chi connectivity index (χ4n) is 2.34. The van der Waals surface area contributed by atoms with Crippen LogP contribution in [0.5, 0.6) is 0 Å². The minimum Gasteiger partial charge on any atom is -0.0887 e. The Morgan fingerprint density at radius 3 is 2.56 bits per heavy atom. The third-order valence-electron chi connectivity index (χ3n) is 3.39. The van der Waals surface area contributed by atoms with Gasteiger partial charge >= 0.3 is 0 Å². The van der Waals surface area contributed by atoms with Gasteiger partial charge < -0.3 is 0 Å². The Kier molecular flexibility index (Phi) is 5.25. The van der Waals surface area contributed by atoms with Gasteiger partial charge in [0.1, 0.15) is 0 Å². The summed E-state index contributed by atoms with van der Waals surface area (Å²) in [7, 11) is 0. The number of unbranched alkanes of at least 4 members (excludes halogenated alkanes) is 2. The van der Waals surface area contributed by atoms with Crippen LogP contribution in [0.3, 0.4) is 0 Å². The van der Waals surface area contributed by atoms with E-state index in [1.165, 1.54) is 42.0 Å². The van der Waals surface area contributed by atoms with Gasteiger partial charge in [-0.2, -0.15) is 0 Å². The summed E-state index contributed by atoms with van der Waals surface area (Å²) < 4.78 is 0. The Bertz CT molecular complexity index is 490. The zero-order valence-electron chi connectivity index (χ0n) is 11.0. The summed E-state index contributed by atoms with van der Waals surface area (Å²) in [5.74, 6) is 0. The molecule has 18 heavy (non-hydrogen) atoms. The molecule has 0 radical (unpaired) electrons. The number of alkyl halides is 1. The predicted molar refractivity (Wildman–Crippen MR) is 84.5 cm³/mol. The van der Waals surface area contributed by atoms with Crippen LogP contribution in [-0.4, -0.2) is 4.83 Å². The summed E-state index contributed by atoms with van der Waals surface area (Å²) in [5, 5.41) is 2.68. The SMILES string of the molecule is CCCCCC(Br)Cc1ccc2ccccc2c1. The highest BCUT2D eigenvalue weighted by Crippen LogP contribution is 2.20. The van der Waals surface area contributed by atoms with Crippen molar-refractivity contribution in [3.05, 3.63) is 48.0 Å². The van der Waals surface area contributed by atoms with Crippen LogP contribution in [-0.2, 0) is 6.42 Å². The molecule has 0 nitrogen and oxygen atoms in total. The van der Waals surface area contributed by atoms with E-state index >= 15 is 0 Å². The van der Waals surface area contributed by atoms with Crippen molar-refractivity contribution in [2.45, 2.75) is 43.9 Å². The lowest BCUT2D eigenvalue weighted by Crippen LogP contribution is -2.02. The highest BCUT2D eigenvalue weighted by molar-refractivity contribution is 9.09. The van der Waals surface area contributed by atoms with Crippen molar-refractivity contribution in [3.63, 3.8) is 0 Å². The maximum Gasteiger partial charge on any atom is 0.0186 e. The highest BCUT2D eigenvalue weighted by atomic mass is 79.9. The highest BCUT2D eigenvalue weighted by Gasteiger charge is 2.05. The molecule has 2 aromatic rings. The second-order valence-electron chi connectivity index (χ2n) is 4.98. The van der Waals surface area contributed by atoms with Crippen LogP contribution in [0.25, 0.3) is 10.8 Å². The topological polar surface area (TPSA) is 0 Å². The maximum atomic E-state index is 3.81. The van der Waals surface area contributed by atoms with E-state index in [0.29, 0.717) is 4.83 Å². The molecule has 1 atom stereocenters. The second kappa shape index (κ2) is 6.94. The van der Waals surface area contributed by atoms with E-state index in [0.717, 1.165) is 6.42 Å². The summed E-state index contributed by atoms with van der Waals surface area (Å²) in [6.45, 7) is 2.26. The molecule has 0 bridgehead atoms. The first kappa shape index (κ1) is 13.6. The smallest absolute Gasteiger partial charge is 0.0186 e. The molecule has 0 fully saturated rings. The molecule has 0 heterocycles. The summed E-state index contributed by atoms with van der Waals surface area (Å²) in [6, 6.07) is 15.4. The Balaban J connectivity index is 1.98. The largest absolute Gasteiger partial charge is 0.0887 e. The molecule has 0 aliphatic heterocycles. The van der Waals surface area contributed by atoms with Gasteiger partial charge in [0.15, 0.2) is 0 Å². The maximum absolute atomic E-state index is 3.81. The molecule has 1 unspecified atom stereocenters. The molecule has 96 valence electrons. The minimum absolute atomic E-state index is 0.616. The average molecular weight is 305 g/mol. The third kappa shape index (κ3) is 3.84. The molecule has 0 aliphatic carbocycles. The van der Waals surface area contributed by atoms with Crippen LogP contribution in [0, 0.1) is 0 Å². The molecule has 0 aliphatic rings. The molecule has 0 saturated carbocycles. The first-order valence-corrected chi connectivity index (χ1v) is 7.83. The van der Waals surface area contributed by atoms with Gasteiger partial charge in [0.25, 0.3) is 0 Å². The van der Waals surface area contributed by atoms with Gasteiger partial charge in [-0.15, -0.1) is 0 Å². The van der Waals surface area contributed by atoms with E-state index in [2.05, 4.69) is 65.3 Å². The number of halogens is 1. The first-order chi connectivity index (χ1) is 8.79. The average Bonchev–Trinajstić information content (AvgIpc) is 2.39. The molecule has 0 amide bonds. The first-order valence-electron chi connectivity index (χ1n) is 6.91. The lowest BCUT2D eigenvalue weighted by Gasteiger charge is -2.10. The number of fused-ring (bicyclic) bond motifs is 1. The zero-order valence-corrected chi connectivity index (χ0v) is 12.6. The Morgan fingerprint density at radius 1 is 1.00 bits per heavy atom. The van der Waals surface area contributed by atoms with Crippen LogP contribution < -0.4 is 0 Å². The Hall–Kier alpha value is -0.820. The van der Waals surface area contributed by atoms with Gasteiger partial charge in [0, 0.05) is 4.83 Å². The van der Waals surface area contributed by atoms with Crippen LogP contribution in [0.15, 0.2) is 42.5 Å². The van der Waals surface area contributed by atoms with Crippen molar-refractivity contribution in [1.82, 2.24) is 0 Å². The van der Waals surface area contributed by atoms with E-state index in [1.54, 1.807) is 0 Å². The fourth-order valence-corrected chi connectivity index (χ4v) is 3.04. The quantitative estimate of drug-likeness (QED) is 0.472. The molecule has 2 aromatic carbocycles. The molecule has 0 saturated heterocycles. The standard InChI is InChI=1S/C17H21Br/c1-2-3-4-9-17(18)13-14-10-11-15-7-5-6-8-16(15)12-14/h5-8,10-12,17H,2-4,9,13H2,1H3. The second-order valence-corrected chi connectivity index (χ2v) is 6.27. The van der Waals surface area contributed by atoms with Gasteiger partial charge in [0.05, 0.1) is 0 Å². The monoisotopic (exact) mass is 304 g/mol. The minimum atomic E-state index is 0.616. The van der Waals surface area contributed by atoms with Gasteiger partial charge in [-0.3, -0.25) is 0 Å². The molecule has 0 aromatic heterocycles. The van der Waals surface area contributed by atoms with Crippen molar-refractivity contribution in [3.8, 4) is 0 Å². The third-order valence-corrected chi connectivity index (χ3v) is 4.17. The zero-order chi connectivity index (χ0) is 12.8. The predicted octanol–water partition coefficient (Wildman–Crippen LogP) is 5.73. The van der Waals surface area contributed by atoms with E-state index in [1.807, 2.05) is 0 Å². The van der Waals surface area contributed by atoms with Crippen molar-refractivity contribution in [2.24, 2.45) is 0 Å².